The van der Waals surface area contributed by atoms with E-state index in [0.717, 1.165) is 4.91 Å². The molecule has 1 heterocycles. The molecule has 1 saturated heterocycles. The number of carbonyl (C=O) groups is 1. The number of rotatable bonds is 3. The first-order chi connectivity index (χ1) is 7.97. The molecular weight excluding hydrogens is 258 g/mol. The quantitative estimate of drug-likeness (QED) is 0.827. The maximum absolute atomic E-state index is 12.1. The maximum Gasteiger partial charge on any atom is 0.232 e. The van der Waals surface area contributed by atoms with Crippen LogP contribution in [0.25, 0.3) is 0 Å². The first-order valence-electron chi connectivity index (χ1n) is 5.51. The van der Waals surface area contributed by atoms with E-state index < -0.39 is 26.2 Å². The third kappa shape index (κ3) is 2.15. The summed E-state index contributed by atoms with van der Waals surface area (Å²) in [7, 11) is -3.26. The van der Waals surface area contributed by atoms with Crippen LogP contribution in [-0.2, 0) is 14.6 Å². The second-order valence-electron chi connectivity index (χ2n) is 4.20. The predicted molar refractivity (Wildman–Crippen MR) is 69.2 cm³/mol. The van der Waals surface area contributed by atoms with E-state index in [-0.39, 0.29) is 11.7 Å². The Hall–Kier alpha value is -0.750. The molecule has 94 valence electrons. The number of sulfone groups is 1. The van der Waals surface area contributed by atoms with Crippen molar-refractivity contribution >= 4 is 27.5 Å². The van der Waals surface area contributed by atoms with Gasteiger partial charge in [0.1, 0.15) is 5.25 Å². The summed E-state index contributed by atoms with van der Waals surface area (Å²) >= 11 is 1.31. The predicted octanol–water partition coefficient (Wildman–Crippen LogP) is 0.850. The molecule has 0 saturated carbocycles. The van der Waals surface area contributed by atoms with E-state index in [4.69, 9.17) is 5.73 Å². The van der Waals surface area contributed by atoms with Crippen LogP contribution < -0.4 is 5.73 Å². The van der Waals surface area contributed by atoms with E-state index >= 15 is 0 Å². The average molecular weight is 273 g/mol. The number of primary amides is 1. The number of carbonyl (C=O) groups excluding carboxylic acids is 1. The molecule has 2 rings (SSSR count). The molecule has 4 nitrogen and oxygen atoms in total. The fourth-order valence-electron chi connectivity index (χ4n) is 2.33. The molecule has 0 radical (unpaired) electrons. The molecule has 3 atom stereocenters. The SMILES string of the molecule is CCS(=O)(=O)C1C2CC=CC=C2SC1C(N)=O. The minimum atomic E-state index is -3.26. The van der Waals surface area contributed by atoms with Crippen molar-refractivity contribution in [2.24, 2.45) is 11.7 Å². The molecule has 3 unspecified atom stereocenters. The molecule has 2 aliphatic rings. The zero-order chi connectivity index (χ0) is 12.6. The van der Waals surface area contributed by atoms with Crippen LogP contribution in [0.1, 0.15) is 13.3 Å². The fourth-order valence-corrected chi connectivity index (χ4v) is 6.05. The van der Waals surface area contributed by atoms with Crippen molar-refractivity contribution in [1.82, 2.24) is 0 Å². The van der Waals surface area contributed by atoms with Crippen LogP contribution in [0.5, 0.6) is 0 Å². The Bertz CT molecular complexity index is 491. The Morgan fingerprint density at radius 1 is 1.59 bits per heavy atom. The van der Waals surface area contributed by atoms with Gasteiger partial charge in [0.15, 0.2) is 9.84 Å². The number of amides is 1. The summed E-state index contributed by atoms with van der Waals surface area (Å²) < 4.78 is 24.2. The summed E-state index contributed by atoms with van der Waals surface area (Å²) in [6.45, 7) is 1.61. The standard InChI is InChI=1S/C11H15NO3S2/c1-2-17(14,15)10-7-5-3-4-6-8(7)16-9(10)11(12)13/h3-4,6-7,9-10H,2,5H2,1H3,(H2,12,13). The molecule has 0 bridgehead atoms. The molecule has 0 aromatic carbocycles. The maximum atomic E-state index is 12.1. The van der Waals surface area contributed by atoms with Crippen LogP contribution in [0.15, 0.2) is 23.1 Å². The van der Waals surface area contributed by atoms with E-state index in [0.29, 0.717) is 6.42 Å². The molecule has 6 heteroatoms. The number of hydrogen-bond donors (Lipinski definition) is 1. The molecular formula is C11H15NO3S2. The third-order valence-electron chi connectivity index (χ3n) is 3.21. The normalized spacial score (nSPS) is 32.1. The Balaban J connectivity index is 2.42. The van der Waals surface area contributed by atoms with Crippen molar-refractivity contribution in [1.29, 1.82) is 0 Å². The molecule has 2 N–H and O–H groups in total. The second kappa shape index (κ2) is 4.49. The average Bonchev–Trinajstić information content (AvgIpc) is 2.69. The van der Waals surface area contributed by atoms with E-state index in [9.17, 15) is 13.2 Å². The van der Waals surface area contributed by atoms with Gasteiger partial charge in [-0.3, -0.25) is 4.79 Å². The lowest BCUT2D eigenvalue weighted by Gasteiger charge is -2.21. The highest BCUT2D eigenvalue weighted by atomic mass is 32.2. The zero-order valence-electron chi connectivity index (χ0n) is 9.50. The molecule has 0 aromatic rings. The molecule has 17 heavy (non-hydrogen) atoms. The van der Waals surface area contributed by atoms with Crippen LogP contribution >= 0.6 is 11.8 Å². The van der Waals surface area contributed by atoms with Gasteiger partial charge in [0, 0.05) is 11.7 Å². The fraction of sp³-hybridized carbons (Fsp3) is 0.545. The van der Waals surface area contributed by atoms with Crippen molar-refractivity contribution in [3.8, 4) is 0 Å². The van der Waals surface area contributed by atoms with Gasteiger partial charge in [0.05, 0.1) is 5.25 Å². The van der Waals surface area contributed by atoms with Gasteiger partial charge in [0.2, 0.25) is 5.91 Å². The summed E-state index contributed by atoms with van der Waals surface area (Å²) in [5.74, 6) is -0.574. The lowest BCUT2D eigenvalue weighted by molar-refractivity contribution is -0.117. The first kappa shape index (κ1) is 12.7. The lowest BCUT2D eigenvalue weighted by atomic mass is 9.95. The number of allylic oxidation sites excluding steroid dienone is 4. The topological polar surface area (TPSA) is 77.2 Å². The second-order valence-corrected chi connectivity index (χ2v) is 7.86. The largest absolute Gasteiger partial charge is 0.369 e. The minimum absolute atomic E-state index is 0.0511. The lowest BCUT2D eigenvalue weighted by Crippen LogP contribution is -2.42. The van der Waals surface area contributed by atoms with Crippen LogP contribution in [0.4, 0.5) is 0 Å². The highest BCUT2D eigenvalue weighted by molar-refractivity contribution is 8.06. The molecule has 1 amide bonds. The summed E-state index contributed by atoms with van der Waals surface area (Å²) in [6, 6.07) is 0. The Morgan fingerprint density at radius 3 is 2.88 bits per heavy atom. The Kier molecular flexibility index (Phi) is 3.36. The van der Waals surface area contributed by atoms with Crippen LogP contribution in [0, 0.1) is 5.92 Å². The van der Waals surface area contributed by atoms with Gasteiger partial charge in [-0.25, -0.2) is 8.42 Å². The number of thioether (sulfide) groups is 1. The first-order valence-corrected chi connectivity index (χ1v) is 8.11. The highest BCUT2D eigenvalue weighted by Crippen LogP contribution is 2.48. The minimum Gasteiger partial charge on any atom is -0.369 e. The van der Waals surface area contributed by atoms with Crippen LogP contribution in [0.2, 0.25) is 0 Å². The molecule has 1 fully saturated rings. The zero-order valence-corrected chi connectivity index (χ0v) is 11.1. The van der Waals surface area contributed by atoms with Crippen molar-refractivity contribution in [2.45, 2.75) is 23.8 Å². The van der Waals surface area contributed by atoms with E-state index in [1.807, 2.05) is 18.2 Å². The van der Waals surface area contributed by atoms with Crippen molar-refractivity contribution in [3.63, 3.8) is 0 Å². The van der Waals surface area contributed by atoms with E-state index in [1.165, 1.54) is 11.8 Å². The molecule has 1 aliphatic heterocycles. The number of fused-ring (bicyclic) bond motifs is 1. The summed E-state index contributed by atoms with van der Waals surface area (Å²) in [5.41, 5.74) is 5.32. The van der Waals surface area contributed by atoms with E-state index in [2.05, 4.69) is 0 Å². The van der Waals surface area contributed by atoms with Gasteiger partial charge in [-0.1, -0.05) is 25.2 Å². The van der Waals surface area contributed by atoms with Crippen LogP contribution in [-0.4, -0.2) is 30.6 Å². The van der Waals surface area contributed by atoms with Crippen molar-refractivity contribution in [3.05, 3.63) is 23.1 Å². The van der Waals surface area contributed by atoms with Gasteiger partial charge in [0.25, 0.3) is 0 Å². The molecule has 0 aromatic heterocycles. The summed E-state index contributed by atoms with van der Waals surface area (Å²) in [4.78, 5) is 12.4. The van der Waals surface area contributed by atoms with Crippen molar-refractivity contribution < 1.29 is 13.2 Å². The third-order valence-corrected chi connectivity index (χ3v) is 7.11. The number of nitrogens with two attached hydrogens (primary N) is 1. The smallest absolute Gasteiger partial charge is 0.232 e. The Labute approximate surface area is 105 Å². The summed E-state index contributed by atoms with van der Waals surface area (Å²) in [5, 5.41) is -1.30. The van der Waals surface area contributed by atoms with Gasteiger partial charge in [-0.05, 0) is 11.3 Å². The van der Waals surface area contributed by atoms with E-state index in [1.54, 1.807) is 6.92 Å². The van der Waals surface area contributed by atoms with Gasteiger partial charge < -0.3 is 5.73 Å². The monoisotopic (exact) mass is 273 g/mol. The van der Waals surface area contributed by atoms with Crippen molar-refractivity contribution in [2.75, 3.05) is 5.75 Å². The molecule has 1 aliphatic carbocycles. The number of hydrogen-bond acceptors (Lipinski definition) is 4. The molecule has 0 spiro atoms. The van der Waals surface area contributed by atoms with Gasteiger partial charge in [-0.2, -0.15) is 0 Å². The van der Waals surface area contributed by atoms with Gasteiger partial charge >= 0.3 is 0 Å². The highest BCUT2D eigenvalue weighted by Gasteiger charge is 2.49. The summed E-state index contributed by atoms with van der Waals surface area (Å²) in [6.07, 6.45) is 6.40. The van der Waals surface area contributed by atoms with Gasteiger partial charge in [-0.15, -0.1) is 11.8 Å². The Morgan fingerprint density at radius 2 is 2.29 bits per heavy atom. The van der Waals surface area contributed by atoms with Crippen LogP contribution in [0.3, 0.4) is 0 Å².